The average molecular weight is 288 g/mol. The van der Waals surface area contributed by atoms with Crippen molar-refractivity contribution in [2.75, 3.05) is 27.3 Å². The fraction of sp³-hybridized carbons (Fsp3) is 0.529. The van der Waals surface area contributed by atoms with E-state index in [2.05, 4.69) is 29.2 Å². The van der Waals surface area contributed by atoms with Gasteiger partial charge in [-0.15, -0.1) is 0 Å². The predicted molar refractivity (Wildman–Crippen MR) is 83.7 cm³/mol. The van der Waals surface area contributed by atoms with Gasteiger partial charge in [-0.25, -0.2) is 0 Å². The van der Waals surface area contributed by atoms with Gasteiger partial charge < -0.3 is 15.2 Å². The first-order chi connectivity index (χ1) is 10.2. The van der Waals surface area contributed by atoms with E-state index < -0.39 is 0 Å². The fourth-order valence-electron chi connectivity index (χ4n) is 3.37. The summed E-state index contributed by atoms with van der Waals surface area (Å²) >= 11 is 0. The second-order valence-corrected chi connectivity index (χ2v) is 6.01. The van der Waals surface area contributed by atoms with Crippen molar-refractivity contribution in [3.63, 3.8) is 0 Å². The quantitative estimate of drug-likeness (QED) is 0.861. The predicted octanol–water partition coefficient (Wildman–Crippen LogP) is 1.97. The summed E-state index contributed by atoms with van der Waals surface area (Å²) in [6.07, 6.45) is 6.55. The van der Waals surface area contributed by atoms with Crippen molar-refractivity contribution in [2.45, 2.75) is 25.4 Å². The third-order valence-corrected chi connectivity index (χ3v) is 4.50. The van der Waals surface area contributed by atoms with Crippen LogP contribution >= 0.6 is 0 Å². The van der Waals surface area contributed by atoms with E-state index in [-0.39, 0.29) is 6.04 Å². The highest BCUT2D eigenvalue weighted by molar-refractivity contribution is 5.48. The number of benzene rings is 1. The Morgan fingerprint density at radius 1 is 1.14 bits per heavy atom. The third-order valence-electron chi connectivity index (χ3n) is 4.50. The van der Waals surface area contributed by atoms with Crippen LogP contribution in [0.25, 0.3) is 0 Å². The molecule has 1 aromatic carbocycles. The van der Waals surface area contributed by atoms with Gasteiger partial charge in [0.2, 0.25) is 0 Å². The van der Waals surface area contributed by atoms with Gasteiger partial charge in [-0.05, 0) is 42.0 Å². The Hall–Kier alpha value is -1.52. The summed E-state index contributed by atoms with van der Waals surface area (Å²) in [4.78, 5) is 2.52. The molecule has 21 heavy (non-hydrogen) atoms. The maximum Gasteiger partial charge on any atom is 0.161 e. The van der Waals surface area contributed by atoms with E-state index in [1.54, 1.807) is 14.2 Å². The number of nitrogens with two attached hydrogens (primary N) is 1. The van der Waals surface area contributed by atoms with Crippen molar-refractivity contribution >= 4 is 0 Å². The Morgan fingerprint density at radius 3 is 2.48 bits per heavy atom. The van der Waals surface area contributed by atoms with Crippen molar-refractivity contribution in [2.24, 2.45) is 11.7 Å². The standard InChI is InChI=1S/C17H24N2O2/c1-20-16-8-13-5-6-19(10-12-3-4-15(18)7-12)11-14(13)9-17(16)21-2/h3-4,8-9,12,15H,5-7,10-11,18H2,1-2H3. The molecule has 4 heteroatoms. The normalized spacial score (nSPS) is 24.9. The smallest absolute Gasteiger partial charge is 0.161 e. The second kappa shape index (κ2) is 6.08. The van der Waals surface area contributed by atoms with E-state index in [1.165, 1.54) is 11.1 Å². The summed E-state index contributed by atoms with van der Waals surface area (Å²) in [5, 5.41) is 0. The molecule has 2 atom stereocenters. The van der Waals surface area contributed by atoms with E-state index in [0.29, 0.717) is 5.92 Å². The Morgan fingerprint density at radius 2 is 1.86 bits per heavy atom. The molecule has 0 radical (unpaired) electrons. The van der Waals surface area contributed by atoms with Crippen molar-refractivity contribution in [1.82, 2.24) is 4.90 Å². The Labute approximate surface area is 126 Å². The highest BCUT2D eigenvalue weighted by Gasteiger charge is 2.23. The number of methoxy groups -OCH3 is 2. The molecule has 0 saturated carbocycles. The summed E-state index contributed by atoms with van der Waals surface area (Å²) in [5.74, 6) is 2.25. The molecular formula is C17H24N2O2. The first kappa shape index (κ1) is 14.4. The van der Waals surface area contributed by atoms with Crippen LogP contribution in [0.5, 0.6) is 11.5 Å². The summed E-state index contributed by atoms with van der Waals surface area (Å²) in [6.45, 7) is 3.18. The minimum Gasteiger partial charge on any atom is -0.493 e. The summed E-state index contributed by atoms with van der Waals surface area (Å²) < 4.78 is 10.8. The molecular weight excluding hydrogens is 264 g/mol. The van der Waals surface area contributed by atoms with Crippen molar-refractivity contribution in [3.05, 3.63) is 35.4 Å². The number of nitrogens with zero attached hydrogens (tertiary/aromatic N) is 1. The van der Waals surface area contributed by atoms with Crippen LogP contribution in [0.1, 0.15) is 17.5 Å². The van der Waals surface area contributed by atoms with Crippen molar-refractivity contribution in [1.29, 1.82) is 0 Å². The highest BCUT2D eigenvalue weighted by Crippen LogP contribution is 2.33. The van der Waals surface area contributed by atoms with Gasteiger partial charge in [-0.1, -0.05) is 12.2 Å². The zero-order chi connectivity index (χ0) is 14.8. The Balaban J connectivity index is 1.71. The SMILES string of the molecule is COc1cc2c(cc1OC)CN(CC1C=CC(N)C1)CC2. The molecule has 2 unspecified atom stereocenters. The van der Waals surface area contributed by atoms with Crippen LogP contribution in [0.4, 0.5) is 0 Å². The molecule has 4 nitrogen and oxygen atoms in total. The molecule has 0 bridgehead atoms. The lowest BCUT2D eigenvalue weighted by molar-refractivity contribution is 0.226. The largest absolute Gasteiger partial charge is 0.493 e. The maximum absolute atomic E-state index is 5.94. The maximum atomic E-state index is 5.94. The number of hydrogen-bond acceptors (Lipinski definition) is 4. The van der Waals surface area contributed by atoms with Crippen LogP contribution < -0.4 is 15.2 Å². The molecule has 1 aliphatic carbocycles. The van der Waals surface area contributed by atoms with Gasteiger partial charge in [0.1, 0.15) is 0 Å². The van der Waals surface area contributed by atoms with Crippen LogP contribution in [-0.4, -0.2) is 38.3 Å². The van der Waals surface area contributed by atoms with E-state index in [1.807, 2.05) is 0 Å². The van der Waals surface area contributed by atoms with Crippen LogP contribution in [0.3, 0.4) is 0 Å². The monoisotopic (exact) mass is 288 g/mol. The number of rotatable bonds is 4. The third kappa shape index (κ3) is 3.06. The van der Waals surface area contributed by atoms with Gasteiger partial charge in [0.15, 0.2) is 11.5 Å². The molecule has 0 spiro atoms. The molecule has 0 amide bonds. The van der Waals surface area contributed by atoms with E-state index in [0.717, 1.165) is 44.0 Å². The molecule has 0 saturated heterocycles. The first-order valence-electron chi connectivity index (χ1n) is 7.59. The second-order valence-electron chi connectivity index (χ2n) is 6.01. The highest BCUT2D eigenvalue weighted by atomic mass is 16.5. The van der Waals surface area contributed by atoms with E-state index in [4.69, 9.17) is 15.2 Å². The van der Waals surface area contributed by atoms with Gasteiger partial charge in [0.05, 0.1) is 14.2 Å². The Kier molecular flexibility index (Phi) is 4.17. The molecule has 114 valence electrons. The molecule has 0 fully saturated rings. The van der Waals surface area contributed by atoms with Crippen LogP contribution in [0, 0.1) is 5.92 Å². The number of ether oxygens (including phenoxy) is 2. The molecule has 2 aliphatic rings. The van der Waals surface area contributed by atoms with E-state index in [9.17, 15) is 0 Å². The minimum atomic E-state index is 0.247. The van der Waals surface area contributed by atoms with Gasteiger partial charge in [-0.2, -0.15) is 0 Å². The van der Waals surface area contributed by atoms with Crippen molar-refractivity contribution in [3.8, 4) is 11.5 Å². The fourth-order valence-corrected chi connectivity index (χ4v) is 3.37. The summed E-state index contributed by atoms with van der Waals surface area (Å²) in [6, 6.07) is 4.49. The zero-order valence-electron chi connectivity index (χ0n) is 12.8. The number of fused-ring (bicyclic) bond motifs is 1. The van der Waals surface area contributed by atoms with Crippen LogP contribution in [0.2, 0.25) is 0 Å². The van der Waals surface area contributed by atoms with Gasteiger partial charge in [0.25, 0.3) is 0 Å². The lowest BCUT2D eigenvalue weighted by Crippen LogP contribution is -2.34. The minimum absolute atomic E-state index is 0.247. The lowest BCUT2D eigenvalue weighted by Gasteiger charge is -2.31. The molecule has 1 heterocycles. The van der Waals surface area contributed by atoms with Crippen LogP contribution in [0.15, 0.2) is 24.3 Å². The average Bonchev–Trinajstić information content (AvgIpc) is 2.90. The summed E-state index contributed by atoms with van der Waals surface area (Å²) in [5.41, 5.74) is 8.67. The zero-order valence-corrected chi connectivity index (χ0v) is 12.8. The summed E-state index contributed by atoms with van der Waals surface area (Å²) in [7, 11) is 3.38. The Bertz CT molecular complexity index is 542. The number of hydrogen-bond donors (Lipinski definition) is 1. The molecule has 2 N–H and O–H groups in total. The molecule has 1 aliphatic heterocycles. The molecule has 3 rings (SSSR count). The first-order valence-corrected chi connectivity index (χ1v) is 7.59. The lowest BCUT2D eigenvalue weighted by atomic mass is 9.97. The molecule has 0 aromatic heterocycles. The van der Waals surface area contributed by atoms with Crippen molar-refractivity contribution < 1.29 is 9.47 Å². The van der Waals surface area contributed by atoms with Gasteiger partial charge in [-0.3, -0.25) is 4.90 Å². The topological polar surface area (TPSA) is 47.7 Å². The van der Waals surface area contributed by atoms with E-state index >= 15 is 0 Å². The van der Waals surface area contributed by atoms with Crippen LogP contribution in [-0.2, 0) is 13.0 Å². The molecule has 1 aromatic rings. The van der Waals surface area contributed by atoms with Gasteiger partial charge in [0, 0.05) is 25.7 Å². The van der Waals surface area contributed by atoms with Gasteiger partial charge >= 0.3 is 0 Å².